The molecule has 0 N–H and O–H groups in total. The molecule has 1 aliphatic rings. The normalized spacial score (nSPS) is 18.2. The van der Waals surface area contributed by atoms with Gasteiger partial charge in [-0.3, -0.25) is 9.69 Å². The highest BCUT2D eigenvalue weighted by molar-refractivity contribution is 5.73. The van der Waals surface area contributed by atoms with Crippen LogP contribution in [0.15, 0.2) is 15.1 Å². The molecule has 1 saturated heterocycles. The molecule has 0 bridgehead atoms. The van der Waals surface area contributed by atoms with Gasteiger partial charge in [0.1, 0.15) is 5.76 Å². The topological polar surface area (TPSA) is 88.5 Å². The summed E-state index contributed by atoms with van der Waals surface area (Å²) in [6, 6.07) is 0.135. The standard InChI is InChI=1S/C17H25N5O3/c1-11(2)15-7-18-17(24-15)10-21-6-5-14(8-21)22(13(4)23)9-16-19-12(3)25-20-16/h7,11,14H,5-6,8-10H2,1-4H3/t14-/m1/s1. The summed E-state index contributed by atoms with van der Waals surface area (Å²) in [5, 5.41) is 3.90. The van der Waals surface area contributed by atoms with Crippen LogP contribution in [0.25, 0.3) is 0 Å². The Balaban J connectivity index is 1.60. The number of amides is 1. The third-order valence-corrected chi connectivity index (χ3v) is 4.47. The number of nitrogens with zero attached hydrogens (tertiary/aromatic N) is 5. The Labute approximate surface area is 147 Å². The summed E-state index contributed by atoms with van der Waals surface area (Å²) < 4.78 is 10.8. The molecule has 0 radical (unpaired) electrons. The van der Waals surface area contributed by atoms with E-state index in [2.05, 4.69) is 33.9 Å². The first-order valence-corrected chi connectivity index (χ1v) is 8.65. The quantitative estimate of drug-likeness (QED) is 0.790. The van der Waals surface area contributed by atoms with Gasteiger partial charge in [-0.25, -0.2) is 4.98 Å². The fourth-order valence-electron chi connectivity index (χ4n) is 3.12. The maximum Gasteiger partial charge on any atom is 0.223 e. The lowest BCUT2D eigenvalue weighted by molar-refractivity contribution is -0.131. The number of carbonyl (C=O) groups excluding carboxylic acids is 1. The van der Waals surface area contributed by atoms with E-state index in [9.17, 15) is 4.79 Å². The first-order chi connectivity index (χ1) is 11.9. The van der Waals surface area contributed by atoms with Crippen LogP contribution in [0.3, 0.4) is 0 Å². The third kappa shape index (κ3) is 4.25. The monoisotopic (exact) mass is 347 g/mol. The van der Waals surface area contributed by atoms with E-state index in [4.69, 9.17) is 8.94 Å². The average Bonchev–Trinajstić information content (AvgIpc) is 3.26. The van der Waals surface area contributed by atoms with E-state index >= 15 is 0 Å². The predicted octanol–water partition coefficient (Wildman–Crippen LogP) is 2.11. The molecule has 3 heterocycles. The first kappa shape index (κ1) is 17.6. The van der Waals surface area contributed by atoms with Crippen molar-refractivity contribution in [1.82, 2.24) is 24.9 Å². The average molecular weight is 347 g/mol. The Hall–Kier alpha value is -2.22. The van der Waals surface area contributed by atoms with E-state index in [1.807, 2.05) is 4.90 Å². The van der Waals surface area contributed by atoms with Gasteiger partial charge in [0.05, 0.1) is 19.3 Å². The molecule has 136 valence electrons. The smallest absolute Gasteiger partial charge is 0.223 e. The molecule has 8 heteroatoms. The number of rotatable bonds is 6. The van der Waals surface area contributed by atoms with Crippen LogP contribution in [0, 0.1) is 6.92 Å². The Morgan fingerprint density at radius 2 is 2.28 bits per heavy atom. The molecule has 2 aromatic heterocycles. The van der Waals surface area contributed by atoms with E-state index < -0.39 is 0 Å². The molecule has 1 aliphatic heterocycles. The second-order valence-corrected chi connectivity index (χ2v) is 6.87. The lowest BCUT2D eigenvalue weighted by Crippen LogP contribution is -2.40. The Morgan fingerprint density at radius 1 is 1.48 bits per heavy atom. The number of hydrogen-bond acceptors (Lipinski definition) is 7. The molecule has 1 amide bonds. The third-order valence-electron chi connectivity index (χ3n) is 4.47. The van der Waals surface area contributed by atoms with E-state index in [1.165, 1.54) is 0 Å². The van der Waals surface area contributed by atoms with Crippen molar-refractivity contribution in [3.63, 3.8) is 0 Å². The highest BCUT2D eigenvalue weighted by atomic mass is 16.5. The number of hydrogen-bond donors (Lipinski definition) is 0. The summed E-state index contributed by atoms with van der Waals surface area (Å²) in [5.74, 6) is 3.04. The maximum atomic E-state index is 12.1. The number of oxazole rings is 1. The van der Waals surface area contributed by atoms with Gasteiger partial charge in [-0.05, 0) is 6.42 Å². The van der Waals surface area contributed by atoms with Crippen LogP contribution in [0.1, 0.15) is 56.5 Å². The zero-order valence-electron chi connectivity index (χ0n) is 15.2. The molecule has 25 heavy (non-hydrogen) atoms. The van der Waals surface area contributed by atoms with Crippen molar-refractivity contribution in [3.05, 3.63) is 29.6 Å². The van der Waals surface area contributed by atoms with Crippen molar-refractivity contribution < 1.29 is 13.7 Å². The molecule has 0 saturated carbocycles. The maximum absolute atomic E-state index is 12.1. The molecular weight excluding hydrogens is 322 g/mol. The van der Waals surface area contributed by atoms with Crippen LogP contribution in [0.2, 0.25) is 0 Å². The minimum absolute atomic E-state index is 0.0209. The molecular formula is C17H25N5O3. The zero-order valence-corrected chi connectivity index (χ0v) is 15.2. The van der Waals surface area contributed by atoms with Crippen molar-refractivity contribution >= 4 is 5.91 Å². The van der Waals surface area contributed by atoms with Gasteiger partial charge in [0.15, 0.2) is 5.82 Å². The fraction of sp³-hybridized carbons (Fsp3) is 0.647. The van der Waals surface area contributed by atoms with E-state index in [0.717, 1.165) is 31.2 Å². The van der Waals surface area contributed by atoms with Crippen molar-refractivity contribution in [2.24, 2.45) is 0 Å². The zero-order chi connectivity index (χ0) is 18.0. The van der Waals surface area contributed by atoms with E-state index in [0.29, 0.717) is 30.7 Å². The lowest BCUT2D eigenvalue weighted by Gasteiger charge is -2.26. The SMILES string of the molecule is CC(=O)N(Cc1noc(C)n1)[C@@H]1CCN(Cc2ncc(C(C)C)o2)C1. The highest BCUT2D eigenvalue weighted by Crippen LogP contribution is 2.21. The van der Waals surface area contributed by atoms with Gasteiger partial charge in [0.2, 0.25) is 17.7 Å². The summed E-state index contributed by atoms with van der Waals surface area (Å²) in [7, 11) is 0. The van der Waals surface area contributed by atoms with Crippen LogP contribution in [-0.2, 0) is 17.9 Å². The minimum atomic E-state index is 0.0209. The summed E-state index contributed by atoms with van der Waals surface area (Å²) >= 11 is 0. The summed E-state index contributed by atoms with van der Waals surface area (Å²) in [4.78, 5) is 24.7. The highest BCUT2D eigenvalue weighted by Gasteiger charge is 2.31. The lowest BCUT2D eigenvalue weighted by atomic mass is 10.2. The molecule has 0 unspecified atom stereocenters. The number of aromatic nitrogens is 3. The summed E-state index contributed by atoms with van der Waals surface area (Å²) in [6.45, 7) is 10.2. The van der Waals surface area contributed by atoms with Crippen LogP contribution in [0.5, 0.6) is 0 Å². The molecule has 0 aliphatic carbocycles. The van der Waals surface area contributed by atoms with Crippen LogP contribution in [-0.4, -0.2) is 50.0 Å². The first-order valence-electron chi connectivity index (χ1n) is 8.65. The van der Waals surface area contributed by atoms with Crippen molar-refractivity contribution in [2.75, 3.05) is 13.1 Å². The molecule has 0 spiro atoms. The minimum Gasteiger partial charge on any atom is -0.444 e. The van der Waals surface area contributed by atoms with Gasteiger partial charge in [-0.15, -0.1) is 0 Å². The molecule has 8 nitrogen and oxygen atoms in total. The fourth-order valence-corrected chi connectivity index (χ4v) is 3.12. The molecule has 3 rings (SSSR count). The van der Waals surface area contributed by atoms with Gasteiger partial charge in [0, 0.05) is 38.9 Å². The van der Waals surface area contributed by atoms with Gasteiger partial charge >= 0.3 is 0 Å². The summed E-state index contributed by atoms with van der Waals surface area (Å²) in [6.07, 6.45) is 2.71. The number of likely N-dealkylation sites (tertiary alicyclic amines) is 1. The van der Waals surface area contributed by atoms with Gasteiger partial charge in [-0.2, -0.15) is 4.98 Å². The van der Waals surface area contributed by atoms with Gasteiger partial charge < -0.3 is 13.8 Å². The van der Waals surface area contributed by atoms with Gasteiger partial charge in [-0.1, -0.05) is 19.0 Å². The molecule has 2 aromatic rings. The Morgan fingerprint density at radius 3 is 2.88 bits per heavy atom. The second-order valence-electron chi connectivity index (χ2n) is 6.87. The Kier molecular flexibility index (Phi) is 5.17. The van der Waals surface area contributed by atoms with E-state index in [-0.39, 0.29) is 11.9 Å². The number of aryl methyl sites for hydroxylation is 1. The summed E-state index contributed by atoms with van der Waals surface area (Å²) in [5.41, 5.74) is 0. The van der Waals surface area contributed by atoms with E-state index in [1.54, 1.807) is 20.0 Å². The largest absolute Gasteiger partial charge is 0.444 e. The molecule has 0 aromatic carbocycles. The van der Waals surface area contributed by atoms with Crippen molar-refractivity contribution in [3.8, 4) is 0 Å². The molecule has 1 atom stereocenters. The van der Waals surface area contributed by atoms with Crippen LogP contribution in [0.4, 0.5) is 0 Å². The predicted molar refractivity (Wildman–Crippen MR) is 89.5 cm³/mol. The van der Waals surface area contributed by atoms with Gasteiger partial charge in [0.25, 0.3) is 0 Å². The van der Waals surface area contributed by atoms with Crippen LogP contribution < -0.4 is 0 Å². The number of carbonyl (C=O) groups is 1. The van der Waals surface area contributed by atoms with Crippen molar-refractivity contribution in [1.29, 1.82) is 0 Å². The Bertz CT molecular complexity index is 723. The van der Waals surface area contributed by atoms with Crippen molar-refractivity contribution in [2.45, 2.75) is 59.2 Å². The van der Waals surface area contributed by atoms with Crippen LogP contribution >= 0.6 is 0 Å². The second kappa shape index (κ2) is 7.35. The molecule has 1 fully saturated rings.